The van der Waals surface area contributed by atoms with Gasteiger partial charge < -0.3 is 10.0 Å². The zero-order chi connectivity index (χ0) is 11.4. The smallest absolute Gasteiger partial charge is 0.227 e. The van der Waals surface area contributed by atoms with Crippen LogP contribution in [0.2, 0.25) is 0 Å². The average molecular weight is 239 g/mol. The van der Waals surface area contributed by atoms with Gasteiger partial charge >= 0.3 is 0 Å². The van der Waals surface area contributed by atoms with Crippen LogP contribution in [0.15, 0.2) is 16.8 Å². The first-order chi connectivity index (χ1) is 7.79. The maximum absolute atomic E-state index is 11.9. The fourth-order valence-electron chi connectivity index (χ4n) is 2.04. The van der Waals surface area contributed by atoms with Crippen molar-refractivity contribution >= 4 is 17.2 Å². The van der Waals surface area contributed by atoms with Gasteiger partial charge in [-0.2, -0.15) is 11.3 Å². The molecule has 0 unspecified atom stereocenters. The van der Waals surface area contributed by atoms with Crippen LogP contribution in [-0.4, -0.2) is 35.6 Å². The van der Waals surface area contributed by atoms with E-state index < -0.39 is 0 Å². The van der Waals surface area contributed by atoms with Gasteiger partial charge in [-0.25, -0.2) is 0 Å². The van der Waals surface area contributed by atoms with Crippen molar-refractivity contribution in [3.05, 3.63) is 22.4 Å². The summed E-state index contributed by atoms with van der Waals surface area (Å²) in [6.45, 7) is 1.86. The van der Waals surface area contributed by atoms with Crippen LogP contribution in [0.5, 0.6) is 0 Å². The van der Waals surface area contributed by atoms with E-state index in [2.05, 4.69) is 0 Å². The van der Waals surface area contributed by atoms with Gasteiger partial charge in [0.2, 0.25) is 5.91 Å². The molecule has 88 valence electrons. The number of aliphatic hydroxyl groups excluding tert-OH is 1. The Labute approximate surface area is 99.7 Å². The monoisotopic (exact) mass is 239 g/mol. The molecule has 0 bridgehead atoms. The molecular weight excluding hydrogens is 222 g/mol. The molecule has 1 aromatic heterocycles. The van der Waals surface area contributed by atoms with Crippen molar-refractivity contribution < 1.29 is 9.90 Å². The lowest BCUT2D eigenvalue weighted by Crippen LogP contribution is -2.39. The molecule has 0 radical (unpaired) electrons. The summed E-state index contributed by atoms with van der Waals surface area (Å²) in [4.78, 5) is 13.8. The molecule has 4 heteroatoms. The van der Waals surface area contributed by atoms with Crippen molar-refractivity contribution in [2.24, 2.45) is 5.92 Å². The van der Waals surface area contributed by atoms with Gasteiger partial charge in [-0.15, -0.1) is 0 Å². The van der Waals surface area contributed by atoms with Crippen molar-refractivity contribution in [2.75, 3.05) is 19.7 Å². The van der Waals surface area contributed by atoms with Crippen molar-refractivity contribution in [3.63, 3.8) is 0 Å². The van der Waals surface area contributed by atoms with E-state index in [9.17, 15) is 4.79 Å². The Morgan fingerprint density at radius 3 is 2.81 bits per heavy atom. The van der Waals surface area contributed by atoms with Crippen LogP contribution in [0, 0.1) is 5.92 Å². The Balaban J connectivity index is 1.82. The van der Waals surface area contributed by atoms with Crippen molar-refractivity contribution in [3.8, 4) is 0 Å². The minimum atomic E-state index is 0.217. The Morgan fingerprint density at radius 2 is 2.25 bits per heavy atom. The standard InChI is InChI=1S/C12H17NO2S/c14-8-10-1-4-13(5-2-10)12(15)7-11-3-6-16-9-11/h3,6,9-10,14H,1-2,4-5,7-8H2. The van der Waals surface area contributed by atoms with Crippen LogP contribution >= 0.6 is 11.3 Å². The summed E-state index contributed by atoms with van der Waals surface area (Å²) in [5.74, 6) is 0.611. The quantitative estimate of drug-likeness (QED) is 0.869. The van der Waals surface area contributed by atoms with Crippen LogP contribution in [0.3, 0.4) is 0 Å². The van der Waals surface area contributed by atoms with E-state index in [1.54, 1.807) is 11.3 Å². The maximum atomic E-state index is 11.9. The molecule has 16 heavy (non-hydrogen) atoms. The van der Waals surface area contributed by atoms with E-state index in [0.717, 1.165) is 31.5 Å². The fourth-order valence-corrected chi connectivity index (χ4v) is 2.71. The molecule has 2 rings (SSSR count). The summed E-state index contributed by atoms with van der Waals surface area (Å²) in [5, 5.41) is 13.0. The summed E-state index contributed by atoms with van der Waals surface area (Å²) in [6.07, 6.45) is 2.39. The molecular formula is C12H17NO2S. The number of carbonyl (C=O) groups is 1. The van der Waals surface area contributed by atoms with E-state index in [-0.39, 0.29) is 12.5 Å². The lowest BCUT2D eigenvalue weighted by Gasteiger charge is -2.31. The average Bonchev–Trinajstić information content (AvgIpc) is 2.82. The summed E-state index contributed by atoms with van der Waals surface area (Å²) in [5.41, 5.74) is 1.11. The first-order valence-corrected chi connectivity index (χ1v) is 6.63. The number of hydrogen-bond donors (Lipinski definition) is 1. The molecule has 0 spiro atoms. The van der Waals surface area contributed by atoms with Gasteiger partial charge in [-0.3, -0.25) is 4.79 Å². The van der Waals surface area contributed by atoms with Crippen molar-refractivity contribution in [2.45, 2.75) is 19.3 Å². The van der Waals surface area contributed by atoms with Gasteiger partial charge in [0.1, 0.15) is 0 Å². The van der Waals surface area contributed by atoms with E-state index in [1.165, 1.54) is 0 Å². The third kappa shape index (κ3) is 2.83. The first-order valence-electron chi connectivity index (χ1n) is 5.69. The number of carbonyl (C=O) groups excluding carboxylic acids is 1. The number of aliphatic hydroxyl groups is 1. The van der Waals surface area contributed by atoms with Crippen LogP contribution in [0.1, 0.15) is 18.4 Å². The maximum Gasteiger partial charge on any atom is 0.227 e. The third-order valence-electron chi connectivity index (χ3n) is 3.16. The van der Waals surface area contributed by atoms with Gasteiger partial charge in [-0.05, 0) is 41.1 Å². The Kier molecular flexibility index (Phi) is 3.96. The van der Waals surface area contributed by atoms with Crippen molar-refractivity contribution in [1.82, 2.24) is 4.90 Å². The zero-order valence-corrected chi connectivity index (χ0v) is 10.1. The Bertz CT molecular complexity index is 329. The summed E-state index contributed by atoms with van der Waals surface area (Å²) in [7, 11) is 0. The minimum Gasteiger partial charge on any atom is -0.396 e. The van der Waals surface area contributed by atoms with Gasteiger partial charge in [0.25, 0.3) is 0 Å². The zero-order valence-electron chi connectivity index (χ0n) is 9.26. The molecule has 0 atom stereocenters. The van der Waals surface area contributed by atoms with Crippen LogP contribution < -0.4 is 0 Å². The second-order valence-corrected chi connectivity index (χ2v) is 5.10. The SMILES string of the molecule is O=C(Cc1ccsc1)N1CCC(CO)CC1. The number of amides is 1. The van der Waals surface area contributed by atoms with Crippen LogP contribution in [-0.2, 0) is 11.2 Å². The molecule has 2 heterocycles. The molecule has 1 aliphatic heterocycles. The second-order valence-electron chi connectivity index (χ2n) is 4.32. The van der Waals surface area contributed by atoms with Crippen LogP contribution in [0.4, 0.5) is 0 Å². The highest BCUT2D eigenvalue weighted by atomic mass is 32.1. The van der Waals surface area contributed by atoms with Gasteiger partial charge in [0.05, 0.1) is 6.42 Å². The lowest BCUT2D eigenvalue weighted by molar-refractivity contribution is -0.132. The number of nitrogens with zero attached hydrogens (tertiary/aromatic N) is 1. The normalized spacial score (nSPS) is 17.7. The molecule has 0 saturated carbocycles. The van der Waals surface area contributed by atoms with Gasteiger partial charge in [0.15, 0.2) is 0 Å². The van der Waals surface area contributed by atoms with Crippen molar-refractivity contribution in [1.29, 1.82) is 0 Å². The number of likely N-dealkylation sites (tertiary alicyclic amines) is 1. The predicted molar refractivity (Wildman–Crippen MR) is 64.4 cm³/mol. The van der Waals surface area contributed by atoms with E-state index in [1.807, 2.05) is 21.7 Å². The predicted octanol–water partition coefficient (Wildman–Crippen LogP) is 1.52. The lowest BCUT2D eigenvalue weighted by atomic mass is 9.97. The summed E-state index contributed by atoms with van der Waals surface area (Å²) >= 11 is 1.63. The molecule has 1 amide bonds. The topological polar surface area (TPSA) is 40.5 Å². The third-order valence-corrected chi connectivity index (χ3v) is 3.89. The minimum absolute atomic E-state index is 0.217. The molecule has 1 aromatic rings. The molecule has 1 fully saturated rings. The van der Waals surface area contributed by atoms with Gasteiger partial charge in [0, 0.05) is 19.7 Å². The number of piperidine rings is 1. The van der Waals surface area contributed by atoms with Gasteiger partial charge in [-0.1, -0.05) is 0 Å². The summed E-state index contributed by atoms with van der Waals surface area (Å²) in [6, 6.07) is 2.00. The first kappa shape index (κ1) is 11.6. The van der Waals surface area contributed by atoms with E-state index in [4.69, 9.17) is 5.11 Å². The fraction of sp³-hybridized carbons (Fsp3) is 0.583. The van der Waals surface area contributed by atoms with E-state index in [0.29, 0.717) is 12.3 Å². The number of hydrogen-bond acceptors (Lipinski definition) is 3. The molecule has 3 nitrogen and oxygen atoms in total. The van der Waals surface area contributed by atoms with E-state index >= 15 is 0 Å². The molecule has 1 saturated heterocycles. The number of rotatable bonds is 3. The molecule has 1 N–H and O–H groups in total. The molecule has 1 aliphatic rings. The Morgan fingerprint density at radius 1 is 1.50 bits per heavy atom. The largest absolute Gasteiger partial charge is 0.396 e. The summed E-state index contributed by atoms with van der Waals surface area (Å²) < 4.78 is 0. The molecule has 0 aliphatic carbocycles. The highest BCUT2D eigenvalue weighted by Crippen LogP contribution is 2.17. The Hall–Kier alpha value is -0.870. The second kappa shape index (κ2) is 5.46. The number of thiophene rings is 1. The molecule has 0 aromatic carbocycles. The highest BCUT2D eigenvalue weighted by Gasteiger charge is 2.22. The van der Waals surface area contributed by atoms with Crippen LogP contribution in [0.25, 0.3) is 0 Å². The highest BCUT2D eigenvalue weighted by molar-refractivity contribution is 7.07.